The molecule has 2 aliphatic heterocycles. The highest BCUT2D eigenvalue weighted by Gasteiger charge is 2.53. The Morgan fingerprint density at radius 1 is 1.63 bits per heavy atom. The predicted octanol–water partition coefficient (Wildman–Crippen LogP) is 1.79. The van der Waals surface area contributed by atoms with Gasteiger partial charge in [-0.3, -0.25) is 4.99 Å². The molecule has 0 saturated heterocycles. The van der Waals surface area contributed by atoms with Crippen LogP contribution >= 0.6 is 27.9 Å². The Balaban J connectivity index is 2.07. The van der Waals surface area contributed by atoms with Crippen LogP contribution in [0.2, 0.25) is 0 Å². The SMILES string of the molecule is CO/N=C/C1=NC23C(=CC=CC2N(Br)C=CC3N)S1. The number of rotatable bonds is 2. The summed E-state index contributed by atoms with van der Waals surface area (Å²) in [6.45, 7) is 0. The van der Waals surface area contributed by atoms with Crippen LogP contribution in [-0.4, -0.2) is 39.9 Å². The van der Waals surface area contributed by atoms with Gasteiger partial charge in [0.05, 0.1) is 18.3 Å². The number of nitrogens with two attached hydrogens (primary N) is 1. The first-order valence-electron chi connectivity index (χ1n) is 5.79. The van der Waals surface area contributed by atoms with Crippen molar-refractivity contribution in [3.8, 4) is 0 Å². The van der Waals surface area contributed by atoms with Gasteiger partial charge in [-0.15, -0.1) is 0 Å². The third-order valence-corrected chi connectivity index (χ3v) is 5.14. The molecule has 0 amide bonds. The highest BCUT2D eigenvalue weighted by molar-refractivity contribution is 9.07. The molecule has 7 heteroatoms. The van der Waals surface area contributed by atoms with Crippen LogP contribution in [0.25, 0.3) is 0 Å². The van der Waals surface area contributed by atoms with Crippen molar-refractivity contribution in [1.82, 2.24) is 3.93 Å². The molecule has 2 N–H and O–H groups in total. The van der Waals surface area contributed by atoms with Crippen molar-refractivity contribution < 1.29 is 4.84 Å². The highest BCUT2D eigenvalue weighted by atomic mass is 79.9. The smallest absolute Gasteiger partial charge is 0.136 e. The van der Waals surface area contributed by atoms with Gasteiger partial charge in [0, 0.05) is 27.3 Å². The Hall–Kier alpha value is -1.05. The lowest BCUT2D eigenvalue weighted by Crippen LogP contribution is -2.59. The molecule has 3 unspecified atom stereocenters. The van der Waals surface area contributed by atoms with E-state index < -0.39 is 5.54 Å². The molecular formula is C12H13BrN4OS. The Kier molecular flexibility index (Phi) is 3.28. The molecule has 0 fully saturated rings. The maximum absolute atomic E-state index is 6.31. The van der Waals surface area contributed by atoms with Crippen molar-refractivity contribution in [3.63, 3.8) is 0 Å². The summed E-state index contributed by atoms with van der Waals surface area (Å²) >= 11 is 5.12. The van der Waals surface area contributed by atoms with Crippen LogP contribution < -0.4 is 5.73 Å². The van der Waals surface area contributed by atoms with E-state index in [1.54, 1.807) is 18.0 Å². The van der Waals surface area contributed by atoms with E-state index in [1.165, 1.54) is 7.11 Å². The number of hydrogen-bond donors (Lipinski definition) is 1. The van der Waals surface area contributed by atoms with Crippen molar-refractivity contribution in [2.45, 2.75) is 17.6 Å². The number of oxime groups is 1. The Labute approximate surface area is 124 Å². The molecule has 0 bridgehead atoms. The highest BCUT2D eigenvalue weighted by Crippen LogP contribution is 2.49. The number of hydrogen-bond acceptors (Lipinski definition) is 6. The molecule has 3 rings (SSSR count). The van der Waals surface area contributed by atoms with Crippen LogP contribution in [0.1, 0.15) is 0 Å². The summed E-state index contributed by atoms with van der Waals surface area (Å²) in [5, 5.41) is 4.60. The standard InChI is InChI=1S/C12H13BrN4OS/c1-18-15-7-11-16-12-8(14)5-6-17(13)9(12)3-2-4-10(12)19-11/h2-9H,14H2,1H3/b15-7+. The maximum atomic E-state index is 6.31. The average molecular weight is 341 g/mol. The van der Waals surface area contributed by atoms with E-state index in [1.807, 2.05) is 22.3 Å². The van der Waals surface area contributed by atoms with Crippen LogP contribution in [0, 0.1) is 0 Å². The largest absolute Gasteiger partial charge is 0.399 e. The Morgan fingerprint density at radius 2 is 2.47 bits per heavy atom. The summed E-state index contributed by atoms with van der Waals surface area (Å²) < 4.78 is 1.96. The van der Waals surface area contributed by atoms with Gasteiger partial charge in [-0.1, -0.05) is 29.1 Å². The van der Waals surface area contributed by atoms with Crippen LogP contribution in [0.15, 0.2) is 45.6 Å². The molecule has 3 atom stereocenters. The Morgan fingerprint density at radius 3 is 3.26 bits per heavy atom. The van der Waals surface area contributed by atoms with Crippen LogP contribution in [0.5, 0.6) is 0 Å². The normalized spacial score (nSPS) is 36.1. The fourth-order valence-electron chi connectivity index (χ4n) is 2.50. The average Bonchev–Trinajstić information content (AvgIpc) is 2.79. The topological polar surface area (TPSA) is 63.2 Å². The lowest BCUT2D eigenvalue weighted by Gasteiger charge is -2.45. The molecule has 5 nitrogen and oxygen atoms in total. The molecule has 1 spiro atoms. The van der Waals surface area contributed by atoms with Crippen molar-refractivity contribution in [1.29, 1.82) is 0 Å². The molecule has 1 aliphatic carbocycles. The second-order valence-electron chi connectivity index (χ2n) is 4.37. The van der Waals surface area contributed by atoms with E-state index in [0.717, 1.165) is 9.95 Å². The molecule has 19 heavy (non-hydrogen) atoms. The van der Waals surface area contributed by atoms with E-state index >= 15 is 0 Å². The second-order valence-corrected chi connectivity index (χ2v) is 6.25. The Bertz CT molecular complexity index is 542. The van der Waals surface area contributed by atoms with Gasteiger partial charge in [-0.2, -0.15) is 0 Å². The van der Waals surface area contributed by atoms with Gasteiger partial charge in [-0.05, 0) is 12.2 Å². The summed E-state index contributed by atoms with van der Waals surface area (Å²) in [6, 6.07) is -0.100. The number of aliphatic imine (C=N–C) groups is 1. The molecule has 0 radical (unpaired) electrons. The minimum absolute atomic E-state index is 0.0634. The summed E-state index contributed by atoms with van der Waals surface area (Å²) in [5.41, 5.74) is 5.85. The first-order valence-corrected chi connectivity index (χ1v) is 7.32. The summed E-state index contributed by atoms with van der Waals surface area (Å²) in [6.07, 6.45) is 11.7. The molecule has 0 aromatic carbocycles. The van der Waals surface area contributed by atoms with Gasteiger partial charge in [0.25, 0.3) is 0 Å². The predicted molar refractivity (Wildman–Crippen MR) is 82.2 cm³/mol. The van der Waals surface area contributed by atoms with Crippen molar-refractivity contribution in [2.75, 3.05) is 7.11 Å². The minimum Gasteiger partial charge on any atom is -0.399 e. The van der Waals surface area contributed by atoms with Crippen LogP contribution in [0.3, 0.4) is 0 Å². The molecule has 0 aromatic heterocycles. The van der Waals surface area contributed by atoms with E-state index in [4.69, 9.17) is 15.6 Å². The lowest BCUT2D eigenvalue weighted by atomic mass is 9.78. The molecule has 100 valence electrons. The number of nitrogens with zero attached hydrogens (tertiary/aromatic N) is 3. The number of halogens is 1. The summed E-state index contributed by atoms with van der Waals surface area (Å²) in [4.78, 5) is 10.7. The minimum atomic E-state index is -0.466. The van der Waals surface area contributed by atoms with E-state index in [0.29, 0.717) is 0 Å². The monoisotopic (exact) mass is 340 g/mol. The zero-order valence-electron chi connectivity index (χ0n) is 10.2. The molecule has 0 aromatic rings. The van der Waals surface area contributed by atoms with Crippen molar-refractivity contribution in [2.24, 2.45) is 15.9 Å². The molecule has 3 aliphatic rings. The van der Waals surface area contributed by atoms with Gasteiger partial charge in [0.15, 0.2) is 0 Å². The molecule has 0 saturated carbocycles. The van der Waals surface area contributed by atoms with Crippen LogP contribution in [0.4, 0.5) is 0 Å². The van der Waals surface area contributed by atoms with E-state index in [2.05, 4.69) is 33.5 Å². The zero-order chi connectivity index (χ0) is 13.5. The lowest BCUT2D eigenvalue weighted by molar-refractivity contribution is 0.216. The summed E-state index contributed by atoms with van der Waals surface area (Å²) in [5.74, 6) is 0. The maximum Gasteiger partial charge on any atom is 0.136 e. The third kappa shape index (κ3) is 1.87. The van der Waals surface area contributed by atoms with Crippen molar-refractivity contribution in [3.05, 3.63) is 35.4 Å². The molecular weight excluding hydrogens is 328 g/mol. The quantitative estimate of drug-likeness (QED) is 0.473. The van der Waals surface area contributed by atoms with E-state index in [-0.39, 0.29) is 12.1 Å². The summed E-state index contributed by atoms with van der Waals surface area (Å²) in [7, 11) is 1.51. The molecule has 2 heterocycles. The van der Waals surface area contributed by atoms with Gasteiger partial charge < -0.3 is 14.5 Å². The van der Waals surface area contributed by atoms with Crippen molar-refractivity contribution >= 4 is 39.2 Å². The number of thioether (sulfide) groups is 1. The first kappa shape index (κ1) is 13.0. The number of allylic oxidation sites excluding steroid dienone is 2. The zero-order valence-corrected chi connectivity index (χ0v) is 12.6. The first-order chi connectivity index (χ1) is 9.18. The van der Waals surface area contributed by atoms with Gasteiger partial charge in [0.2, 0.25) is 0 Å². The fraction of sp³-hybridized carbons (Fsp3) is 0.333. The van der Waals surface area contributed by atoms with Crippen LogP contribution in [-0.2, 0) is 4.84 Å². The van der Waals surface area contributed by atoms with Gasteiger partial charge in [0.1, 0.15) is 17.7 Å². The fourth-order valence-corrected chi connectivity index (χ4v) is 4.22. The van der Waals surface area contributed by atoms with Gasteiger partial charge >= 0.3 is 0 Å². The van der Waals surface area contributed by atoms with E-state index in [9.17, 15) is 0 Å². The second kappa shape index (κ2) is 4.81. The van der Waals surface area contributed by atoms with Gasteiger partial charge in [-0.25, -0.2) is 0 Å². The third-order valence-electron chi connectivity index (χ3n) is 3.37.